The molecule has 0 aliphatic rings. The summed E-state index contributed by atoms with van der Waals surface area (Å²) in [5.41, 5.74) is 0. The molecule has 1 amide bonds. The van der Waals surface area contributed by atoms with Crippen LogP contribution in [0, 0.1) is 18.3 Å². The number of nitriles is 1. The van der Waals surface area contributed by atoms with Gasteiger partial charge in [0.15, 0.2) is 0 Å². The molecule has 0 aliphatic heterocycles. The van der Waals surface area contributed by atoms with Crippen LogP contribution in [0.1, 0.15) is 29.3 Å². The fraction of sp³-hybridized carbons (Fsp3) is 0.500. The van der Waals surface area contributed by atoms with E-state index in [1.807, 2.05) is 6.07 Å². The van der Waals surface area contributed by atoms with Crippen LogP contribution >= 0.6 is 0 Å². The van der Waals surface area contributed by atoms with E-state index in [-0.39, 0.29) is 11.7 Å². The van der Waals surface area contributed by atoms with E-state index < -0.39 is 0 Å². The molecule has 1 heterocycles. The molecule has 2 N–H and O–H groups in total. The molecule has 0 saturated carbocycles. The highest BCUT2D eigenvalue weighted by Crippen LogP contribution is 1.91. The van der Waals surface area contributed by atoms with Crippen LogP contribution in [-0.4, -0.2) is 27.6 Å². The molecular formula is C8H11N5O. The van der Waals surface area contributed by atoms with Crippen LogP contribution in [0.2, 0.25) is 0 Å². The monoisotopic (exact) mass is 193 g/mol. The lowest BCUT2D eigenvalue weighted by molar-refractivity contribution is 0.0943. The number of aromatic amines is 1. The van der Waals surface area contributed by atoms with Crippen LogP contribution in [-0.2, 0) is 0 Å². The second-order valence-corrected chi connectivity index (χ2v) is 2.76. The molecule has 1 rings (SSSR count). The normalized spacial score (nSPS) is 9.43. The van der Waals surface area contributed by atoms with Crippen molar-refractivity contribution in [2.45, 2.75) is 19.8 Å². The molecule has 0 fully saturated rings. The Kier molecular flexibility index (Phi) is 3.61. The third-order valence-electron chi connectivity index (χ3n) is 1.55. The summed E-state index contributed by atoms with van der Waals surface area (Å²) in [5, 5.41) is 17.1. The number of hydrogen-bond donors (Lipinski definition) is 2. The van der Waals surface area contributed by atoms with Gasteiger partial charge in [0, 0.05) is 13.0 Å². The van der Waals surface area contributed by atoms with Gasteiger partial charge in [-0.25, -0.2) is 4.98 Å². The Morgan fingerprint density at radius 1 is 1.71 bits per heavy atom. The number of nitrogens with one attached hydrogen (secondary N) is 2. The molecular weight excluding hydrogens is 182 g/mol. The summed E-state index contributed by atoms with van der Waals surface area (Å²) in [4.78, 5) is 15.1. The van der Waals surface area contributed by atoms with E-state index in [1.54, 1.807) is 6.92 Å². The van der Waals surface area contributed by atoms with Gasteiger partial charge < -0.3 is 5.32 Å². The number of H-pyrrole nitrogens is 1. The Balaban J connectivity index is 2.33. The van der Waals surface area contributed by atoms with Gasteiger partial charge >= 0.3 is 0 Å². The lowest BCUT2D eigenvalue weighted by atomic mass is 10.3. The Morgan fingerprint density at radius 2 is 2.50 bits per heavy atom. The molecule has 6 heteroatoms. The molecule has 0 aliphatic carbocycles. The number of carbonyl (C=O) groups is 1. The highest BCUT2D eigenvalue weighted by molar-refractivity contribution is 5.90. The third kappa shape index (κ3) is 2.86. The number of amides is 1. The molecule has 74 valence electrons. The number of aromatic nitrogens is 3. The molecule has 0 atom stereocenters. The fourth-order valence-electron chi connectivity index (χ4n) is 0.893. The molecule has 0 saturated heterocycles. The molecule has 0 aromatic carbocycles. The Labute approximate surface area is 81.3 Å². The summed E-state index contributed by atoms with van der Waals surface area (Å²) in [6.07, 6.45) is 1.08. The van der Waals surface area contributed by atoms with Crippen molar-refractivity contribution < 1.29 is 4.79 Å². The molecule has 0 bridgehead atoms. The van der Waals surface area contributed by atoms with E-state index in [9.17, 15) is 4.79 Å². The third-order valence-corrected chi connectivity index (χ3v) is 1.55. The van der Waals surface area contributed by atoms with Crippen LogP contribution in [0.25, 0.3) is 0 Å². The first kappa shape index (κ1) is 10.2. The summed E-state index contributed by atoms with van der Waals surface area (Å²) in [6, 6.07) is 2.00. The minimum atomic E-state index is -0.313. The maximum absolute atomic E-state index is 11.3. The molecule has 6 nitrogen and oxygen atoms in total. The summed E-state index contributed by atoms with van der Waals surface area (Å²) in [5.74, 6) is 0.430. The average molecular weight is 193 g/mol. The number of rotatable bonds is 4. The lowest BCUT2D eigenvalue weighted by Gasteiger charge is -1.98. The van der Waals surface area contributed by atoms with Crippen molar-refractivity contribution in [1.82, 2.24) is 20.5 Å². The molecule has 0 radical (unpaired) electrons. The van der Waals surface area contributed by atoms with E-state index in [0.717, 1.165) is 0 Å². The van der Waals surface area contributed by atoms with Gasteiger partial charge in [-0.1, -0.05) is 0 Å². The highest BCUT2D eigenvalue weighted by Gasteiger charge is 2.09. The quantitative estimate of drug-likeness (QED) is 0.665. The molecule has 1 aromatic rings. The van der Waals surface area contributed by atoms with Crippen molar-refractivity contribution in [2.75, 3.05) is 6.54 Å². The Hall–Kier alpha value is -1.90. The fourth-order valence-corrected chi connectivity index (χ4v) is 0.893. The summed E-state index contributed by atoms with van der Waals surface area (Å²) < 4.78 is 0. The average Bonchev–Trinajstić information content (AvgIpc) is 2.59. The molecule has 0 unspecified atom stereocenters. The van der Waals surface area contributed by atoms with Gasteiger partial charge in [-0.15, -0.1) is 5.10 Å². The summed E-state index contributed by atoms with van der Waals surface area (Å²) >= 11 is 0. The largest absolute Gasteiger partial charge is 0.349 e. The van der Waals surface area contributed by atoms with E-state index in [1.165, 1.54) is 0 Å². The second-order valence-electron chi connectivity index (χ2n) is 2.76. The molecule has 14 heavy (non-hydrogen) atoms. The highest BCUT2D eigenvalue weighted by atomic mass is 16.2. The maximum atomic E-state index is 11.3. The zero-order valence-electron chi connectivity index (χ0n) is 7.87. The zero-order chi connectivity index (χ0) is 10.4. The first-order valence-corrected chi connectivity index (χ1v) is 4.28. The van der Waals surface area contributed by atoms with Gasteiger partial charge in [-0.05, 0) is 13.3 Å². The minimum Gasteiger partial charge on any atom is -0.349 e. The van der Waals surface area contributed by atoms with E-state index in [2.05, 4.69) is 20.5 Å². The number of unbranched alkanes of at least 4 members (excludes halogenated alkanes) is 1. The number of aryl methyl sites for hydroxylation is 1. The van der Waals surface area contributed by atoms with Crippen molar-refractivity contribution in [1.29, 1.82) is 5.26 Å². The lowest BCUT2D eigenvalue weighted by Crippen LogP contribution is -2.25. The van der Waals surface area contributed by atoms with Gasteiger partial charge in [0.05, 0.1) is 6.07 Å². The van der Waals surface area contributed by atoms with Gasteiger partial charge in [-0.3, -0.25) is 9.89 Å². The van der Waals surface area contributed by atoms with E-state index in [0.29, 0.717) is 25.2 Å². The van der Waals surface area contributed by atoms with Gasteiger partial charge in [0.1, 0.15) is 5.82 Å². The van der Waals surface area contributed by atoms with Crippen molar-refractivity contribution in [3.8, 4) is 6.07 Å². The zero-order valence-corrected chi connectivity index (χ0v) is 7.87. The topological polar surface area (TPSA) is 94.5 Å². The van der Waals surface area contributed by atoms with Crippen LogP contribution in [0.4, 0.5) is 0 Å². The molecule has 1 aromatic heterocycles. The van der Waals surface area contributed by atoms with Crippen LogP contribution < -0.4 is 5.32 Å². The predicted molar refractivity (Wildman–Crippen MR) is 48.3 cm³/mol. The van der Waals surface area contributed by atoms with Crippen LogP contribution in [0.5, 0.6) is 0 Å². The van der Waals surface area contributed by atoms with Gasteiger partial charge in [0.2, 0.25) is 5.82 Å². The second kappa shape index (κ2) is 4.97. The van der Waals surface area contributed by atoms with Crippen LogP contribution in [0.15, 0.2) is 0 Å². The molecule has 0 spiro atoms. The van der Waals surface area contributed by atoms with Gasteiger partial charge in [0.25, 0.3) is 5.91 Å². The first-order valence-electron chi connectivity index (χ1n) is 4.28. The smallest absolute Gasteiger partial charge is 0.290 e. The maximum Gasteiger partial charge on any atom is 0.290 e. The SMILES string of the molecule is Cc1nc(C(=O)NCCCC#N)n[nH]1. The first-order chi connectivity index (χ1) is 6.74. The van der Waals surface area contributed by atoms with E-state index in [4.69, 9.17) is 5.26 Å². The van der Waals surface area contributed by atoms with Crippen molar-refractivity contribution >= 4 is 5.91 Å². The summed E-state index contributed by atoms with van der Waals surface area (Å²) in [6.45, 7) is 2.19. The van der Waals surface area contributed by atoms with Crippen molar-refractivity contribution in [3.05, 3.63) is 11.6 Å². The van der Waals surface area contributed by atoms with Crippen molar-refractivity contribution in [2.24, 2.45) is 0 Å². The predicted octanol–water partition coefficient (Wildman–Crippen LogP) is 0.147. The van der Waals surface area contributed by atoms with E-state index >= 15 is 0 Å². The Bertz CT molecular complexity index is 351. The van der Waals surface area contributed by atoms with Crippen molar-refractivity contribution in [3.63, 3.8) is 0 Å². The number of nitrogens with zero attached hydrogens (tertiary/aromatic N) is 3. The van der Waals surface area contributed by atoms with Crippen LogP contribution in [0.3, 0.4) is 0 Å². The standard InChI is InChI=1S/C8H11N5O/c1-6-11-7(13-12-6)8(14)10-5-3-2-4-9/h2-3,5H2,1H3,(H,10,14)(H,11,12,13). The number of hydrogen-bond acceptors (Lipinski definition) is 4. The minimum absolute atomic E-state index is 0.138. The summed E-state index contributed by atoms with van der Waals surface area (Å²) in [7, 11) is 0. The Morgan fingerprint density at radius 3 is 3.07 bits per heavy atom. The van der Waals surface area contributed by atoms with Gasteiger partial charge in [-0.2, -0.15) is 5.26 Å². The number of carbonyl (C=O) groups excluding carboxylic acids is 1.